The molecule has 0 unspecified atom stereocenters. The molecule has 0 atom stereocenters. The van der Waals surface area contributed by atoms with Gasteiger partial charge in [0.25, 0.3) is 0 Å². The van der Waals surface area contributed by atoms with Crippen LogP contribution in [0.1, 0.15) is 5.69 Å². The number of nitrogens with zero attached hydrogens (tertiary/aromatic N) is 2. The van der Waals surface area contributed by atoms with Gasteiger partial charge in [-0.05, 0) is 40.7 Å². The van der Waals surface area contributed by atoms with E-state index in [4.69, 9.17) is 5.73 Å². The maximum Gasteiger partial charge on any atom is 0.173 e. The van der Waals surface area contributed by atoms with Gasteiger partial charge in [-0.2, -0.15) is 0 Å². The molecular weight excluding hydrogens is 304 g/mol. The molecule has 6 heteroatoms. The van der Waals surface area contributed by atoms with Gasteiger partial charge in [0.2, 0.25) is 0 Å². The molecule has 1 aromatic carbocycles. The van der Waals surface area contributed by atoms with Crippen molar-refractivity contribution < 1.29 is 8.78 Å². The normalized spacial score (nSPS) is 10.7. The Hall–Kier alpha value is -1.40. The zero-order valence-corrected chi connectivity index (χ0v) is 10.9. The predicted octanol–water partition coefficient (Wildman–Crippen LogP) is 2.69. The van der Waals surface area contributed by atoms with E-state index in [0.717, 1.165) is 11.8 Å². The summed E-state index contributed by atoms with van der Waals surface area (Å²) in [7, 11) is 0. The van der Waals surface area contributed by atoms with Gasteiger partial charge >= 0.3 is 0 Å². The SMILES string of the molecule is NCCc1ccnc(-c2ccc(F)c(F)c2Br)n1. The van der Waals surface area contributed by atoms with Crippen molar-refractivity contribution >= 4 is 15.9 Å². The average Bonchev–Trinajstić information content (AvgIpc) is 2.37. The Bertz CT molecular complexity index is 575. The van der Waals surface area contributed by atoms with Gasteiger partial charge in [0.05, 0.1) is 4.47 Å². The van der Waals surface area contributed by atoms with Gasteiger partial charge in [0, 0.05) is 23.9 Å². The lowest BCUT2D eigenvalue weighted by Crippen LogP contribution is -2.05. The molecule has 0 radical (unpaired) electrons. The molecule has 94 valence electrons. The maximum atomic E-state index is 13.4. The molecule has 1 heterocycles. The molecular formula is C12H10BrF2N3. The van der Waals surface area contributed by atoms with Gasteiger partial charge in [-0.15, -0.1) is 0 Å². The van der Waals surface area contributed by atoms with Crippen LogP contribution in [0.5, 0.6) is 0 Å². The monoisotopic (exact) mass is 313 g/mol. The molecule has 0 fully saturated rings. The molecule has 1 aromatic heterocycles. The van der Waals surface area contributed by atoms with Crippen molar-refractivity contribution in [3.05, 3.63) is 46.2 Å². The topological polar surface area (TPSA) is 51.8 Å². The van der Waals surface area contributed by atoms with Crippen LogP contribution in [-0.2, 0) is 6.42 Å². The summed E-state index contributed by atoms with van der Waals surface area (Å²) in [6, 6.07) is 4.22. The first-order chi connectivity index (χ1) is 8.63. The standard InChI is InChI=1S/C12H10BrF2N3/c13-10-8(1-2-9(14)11(10)15)12-17-6-4-7(18-12)3-5-16/h1-2,4,6H,3,5,16H2. The Labute approximate surface area is 111 Å². The van der Waals surface area contributed by atoms with E-state index in [9.17, 15) is 8.78 Å². The minimum atomic E-state index is -0.944. The first-order valence-electron chi connectivity index (χ1n) is 5.29. The van der Waals surface area contributed by atoms with Crippen LogP contribution in [0.3, 0.4) is 0 Å². The number of aromatic nitrogens is 2. The third kappa shape index (κ3) is 2.54. The number of nitrogens with two attached hydrogens (primary N) is 1. The summed E-state index contributed by atoms with van der Waals surface area (Å²) in [5.74, 6) is -1.52. The van der Waals surface area contributed by atoms with E-state index in [-0.39, 0.29) is 4.47 Å². The maximum absolute atomic E-state index is 13.4. The van der Waals surface area contributed by atoms with E-state index in [1.165, 1.54) is 6.07 Å². The Morgan fingerprint density at radius 2 is 2.00 bits per heavy atom. The fraction of sp³-hybridized carbons (Fsp3) is 0.167. The molecule has 0 bridgehead atoms. The highest BCUT2D eigenvalue weighted by Gasteiger charge is 2.14. The lowest BCUT2D eigenvalue weighted by atomic mass is 10.2. The van der Waals surface area contributed by atoms with Crippen molar-refractivity contribution in [3.8, 4) is 11.4 Å². The third-order valence-corrected chi connectivity index (χ3v) is 3.17. The molecule has 2 rings (SSSR count). The van der Waals surface area contributed by atoms with Gasteiger partial charge in [-0.3, -0.25) is 0 Å². The Balaban J connectivity index is 2.48. The molecule has 3 nitrogen and oxygen atoms in total. The van der Waals surface area contributed by atoms with Gasteiger partial charge in [-0.1, -0.05) is 0 Å². The summed E-state index contributed by atoms with van der Waals surface area (Å²) < 4.78 is 26.5. The molecule has 2 N–H and O–H groups in total. The molecule has 18 heavy (non-hydrogen) atoms. The van der Waals surface area contributed by atoms with Gasteiger partial charge in [0.15, 0.2) is 17.5 Å². The summed E-state index contributed by atoms with van der Waals surface area (Å²) in [5.41, 5.74) is 6.62. The van der Waals surface area contributed by atoms with Crippen LogP contribution in [0.2, 0.25) is 0 Å². The van der Waals surface area contributed by atoms with Crippen LogP contribution < -0.4 is 5.73 Å². The smallest absolute Gasteiger partial charge is 0.173 e. The van der Waals surface area contributed by atoms with Crippen molar-refractivity contribution in [1.82, 2.24) is 9.97 Å². The number of rotatable bonds is 3. The van der Waals surface area contributed by atoms with E-state index in [0.29, 0.717) is 24.4 Å². The second-order valence-electron chi connectivity index (χ2n) is 3.63. The zero-order valence-electron chi connectivity index (χ0n) is 9.33. The molecule has 0 saturated heterocycles. The molecule has 0 saturated carbocycles. The van der Waals surface area contributed by atoms with Crippen LogP contribution in [0.15, 0.2) is 28.9 Å². The highest BCUT2D eigenvalue weighted by molar-refractivity contribution is 9.10. The Morgan fingerprint density at radius 3 is 2.72 bits per heavy atom. The van der Waals surface area contributed by atoms with Crippen molar-refractivity contribution in [2.45, 2.75) is 6.42 Å². The second kappa shape index (κ2) is 5.49. The van der Waals surface area contributed by atoms with E-state index in [2.05, 4.69) is 25.9 Å². The number of hydrogen-bond donors (Lipinski definition) is 1. The van der Waals surface area contributed by atoms with Crippen LogP contribution in [0.4, 0.5) is 8.78 Å². The second-order valence-corrected chi connectivity index (χ2v) is 4.43. The molecule has 0 aliphatic heterocycles. The summed E-state index contributed by atoms with van der Waals surface area (Å²) in [5, 5.41) is 0. The quantitative estimate of drug-likeness (QED) is 0.886. The summed E-state index contributed by atoms with van der Waals surface area (Å²) in [6.07, 6.45) is 2.18. The minimum absolute atomic E-state index is 0.0207. The Kier molecular flexibility index (Phi) is 3.98. The first kappa shape index (κ1) is 13.0. The van der Waals surface area contributed by atoms with E-state index < -0.39 is 11.6 Å². The van der Waals surface area contributed by atoms with Crippen LogP contribution in [-0.4, -0.2) is 16.5 Å². The molecule has 0 spiro atoms. The van der Waals surface area contributed by atoms with E-state index in [1.807, 2.05) is 0 Å². The third-order valence-electron chi connectivity index (χ3n) is 2.39. The Morgan fingerprint density at radius 1 is 1.22 bits per heavy atom. The molecule has 0 aliphatic rings. The summed E-state index contributed by atoms with van der Waals surface area (Å²) in [6.45, 7) is 0.468. The fourth-order valence-electron chi connectivity index (χ4n) is 1.51. The summed E-state index contributed by atoms with van der Waals surface area (Å²) >= 11 is 3.01. The molecule has 0 aliphatic carbocycles. The zero-order chi connectivity index (χ0) is 13.1. The van der Waals surface area contributed by atoms with Gasteiger partial charge in [0.1, 0.15) is 0 Å². The number of benzene rings is 1. The minimum Gasteiger partial charge on any atom is -0.330 e. The largest absolute Gasteiger partial charge is 0.330 e. The van der Waals surface area contributed by atoms with Crippen LogP contribution in [0.25, 0.3) is 11.4 Å². The van der Waals surface area contributed by atoms with Crippen molar-refractivity contribution in [1.29, 1.82) is 0 Å². The van der Waals surface area contributed by atoms with Crippen LogP contribution in [0, 0.1) is 11.6 Å². The van der Waals surface area contributed by atoms with Crippen molar-refractivity contribution in [2.24, 2.45) is 5.73 Å². The van der Waals surface area contributed by atoms with E-state index in [1.54, 1.807) is 12.3 Å². The first-order valence-corrected chi connectivity index (χ1v) is 6.08. The van der Waals surface area contributed by atoms with Crippen molar-refractivity contribution in [2.75, 3.05) is 6.54 Å². The lowest BCUT2D eigenvalue weighted by Gasteiger charge is -2.06. The number of hydrogen-bond acceptors (Lipinski definition) is 3. The van der Waals surface area contributed by atoms with Gasteiger partial charge < -0.3 is 5.73 Å². The fourth-order valence-corrected chi connectivity index (χ4v) is 2.01. The average molecular weight is 314 g/mol. The lowest BCUT2D eigenvalue weighted by molar-refractivity contribution is 0.504. The van der Waals surface area contributed by atoms with E-state index >= 15 is 0 Å². The highest BCUT2D eigenvalue weighted by Crippen LogP contribution is 2.29. The van der Waals surface area contributed by atoms with Crippen molar-refractivity contribution in [3.63, 3.8) is 0 Å². The van der Waals surface area contributed by atoms with Gasteiger partial charge in [-0.25, -0.2) is 18.7 Å². The highest BCUT2D eigenvalue weighted by atomic mass is 79.9. The van der Waals surface area contributed by atoms with Crippen LogP contribution >= 0.6 is 15.9 Å². The predicted molar refractivity (Wildman–Crippen MR) is 67.8 cm³/mol. The molecule has 2 aromatic rings. The summed E-state index contributed by atoms with van der Waals surface area (Å²) in [4.78, 5) is 8.31. The molecule has 0 amide bonds. The number of halogens is 3.